The molecule has 2 N–H and O–H groups in total. The van der Waals surface area contributed by atoms with Crippen molar-refractivity contribution in [2.75, 3.05) is 25.6 Å². The van der Waals surface area contributed by atoms with Crippen LogP contribution in [0.25, 0.3) is 0 Å². The minimum Gasteiger partial charge on any atom is -0.491 e. The summed E-state index contributed by atoms with van der Waals surface area (Å²) in [5.74, 6) is -1.32. The van der Waals surface area contributed by atoms with Crippen LogP contribution in [-0.2, 0) is 20.7 Å². The topological polar surface area (TPSA) is 110 Å². The molecule has 3 aromatic rings. The van der Waals surface area contributed by atoms with E-state index < -0.39 is 35.7 Å². The maximum atomic E-state index is 14.4. The van der Waals surface area contributed by atoms with Crippen LogP contribution in [0.1, 0.15) is 17.3 Å². The summed E-state index contributed by atoms with van der Waals surface area (Å²) < 4.78 is 25.5. The molecule has 0 spiro atoms. The molecule has 0 aliphatic carbocycles. The SMILES string of the molecule is COCCOc1ccc([C@H]2NC(=O)N(C(Cc3cscn3)C(=O)Nc3ccc(I)cc3F)C2=O)cc1. The van der Waals surface area contributed by atoms with Crippen LogP contribution in [0, 0.1) is 9.39 Å². The van der Waals surface area contributed by atoms with Gasteiger partial charge >= 0.3 is 6.03 Å². The van der Waals surface area contributed by atoms with Crippen molar-refractivity contribution >= 4 is 57.5 Å². The summed E-state index contributed by atoms with van der Waals surface area (Å²) in [7, 11) is 1.57. The third kappa shape index (κ3) is 5.99. The molecule has 1 unspecified atom stereocenters. The Bertz CT molecular complexity index is 1240. The number of rotatable bonds is 10. The molecule has 9 nitrogen and oxygen atoms in total. The van der Waals surface area contributed by atoms with E-state index in [9.17, 15) is 18.8 Å². The summed E-state index contributed by atoms with van der Waals surface area (Å²) in [6, 6.07) is 8.13. The number of carbonyl (C=O) groups excluding carboxylic acids is 3. The average molecular weight is 624 g/mol. The first-order chi connectivity index (χ1) is 17.4. The van der Waals surface area contributed by atoms with E-state index in [1.165, 1.54) is 23.5 Å². The Hall–Kier alpha value is -3.10. The van der Waals surface area contributed by atoms with Crippen LogP contribution in [-0.4, -0.2) is 54.1 Å². The van der Waals surface area contributed by atoms with Gasteiger partial charge in [-0.3, -0.25) is 9.59 Å². The molecule has 1 aliphatic heterocycles. The molecule has 2 aromatic carbocycles. The van der Waals surface area contributed by atoms with Crippen molar-refractivity contribution < 1.29 is 28.2 Å². The monoisotopic (exact) mass is 624 g/mol. The van der Waals surface area contributed by atoms with Crippen LogP contribution in [0.4, 0.5) is 14.9 Å². The maximum absolute atomic E-state index is 14.4. The Labute approximate surface area is 224 Å². The molecule has 188 valence electrons. The van der Waals surface area contributed by atoms with Crippen molar-refractivity contribution in [3.05, 3.63) is 74.0 Å². The zero-order chi connectivity index (χ0) is 25.7. The number of ether oxygens (including phenoxy) is 2. The number of thiazole rings is 1. The standard InChI is InChI=1S/C24H22FIN4O5S/c1-34-8-9-35-17-5-2-14(3-6-17)21-23(32)30(24(33)29-21)20(11-16-12-36-13-27-16)22(31)28-19-7-4-15(26)10-18(19)25/h2-7,10,12-13,20-21H,8-9,11H2,1H3,(H,28,31)(H,29,33)/t20?,21-/m1/s1. The van der Waals surface area contributed by atoms with E-state index in [1.807, 2.05) is 22.6 Å². The van der Waals surface area contributed by atoms with Crippen molar-refractivity contribution in [1.29, 1.82) is 0 Å². The fourth-order valence-corrected chi connectivity index (χ4v) is 4.68. The number of benzene rings is 2. The molecule has 1 aliphatic rings. The zero-order valence-corrected chi connectivity index (χ0v) is 22.0. The summed E-state index contributed by atoms with van der Waals surface area (Å²) in [4.78, 5) is 44.6. The minimum absolute atomic E-state index is 0.0144. The normalized spacial score (nSPS) is 16.1. The molecule has 0 saturated carbocycles. The first-order valence-corrected chi connectivity index (χ1v) is 12.9. The van der Waals surface area contributed by atoms with Crippen LogP contribution in [0.2, 0.25) is 0 Å². The predicted octanol–water partition coefficient (Wildman–Crippen LogP) is 3.75. The lowest BCUT2D eigenvalue weighted by molar-refractivity contribution is -0.134. The van der Waals surface area contributed by atoms with Crippen molar-refractivity contribution in [3.8, 4) is 5.75 Å². The highest BCUT2D eigenvalue weighted by Gasteiger charge is 2.45. The molecule has 1 aromatic heterocycles. The molecular weight excluding hydrogens is 602 g/mol. The van der Waals surface area contributed by atoms with Crippen LogP contribution in [0.15, 0.2) is 53.4 Å². The Morgan fingerprint density at radius 3 is 2.69 bits per heavy atom. The van der Waals surface area contributed by atoms with E-state index in [-0.39, 0.29) is 12.1 Å². The van der Waals surface area contributed by atoms with Crippen LogP contribution in [0.5, 0.6) is 5.75 Å². The molecule has 36 heavy (non-hydrogen) atoms. The fourth-order valence-electron chi connectivity index (χ4n) is 3.66. The summed E-state index contributed by atoms with van der Waals surface area (Å²) in [5.41, 5.74) is 2.61. The van der Waals surface area contributed by atoms with E-state index in [0.717, 1.165) is 4.90 Å². The second kappa shape index (κ2) is 11.8. The van der Waals surface area contributed by atoms with Crippen molar-refractivity contribution in [2.45, 2.75) is 18.5 Å². The molecule has 12 heteroatoms. The number of amides is 4. The van der Waals surface area contributed by atoms with Gasteiger partial charge in [-0.05, 0) is 58.5 Å². The molecule has 1 saturated heterocycles. The third-order valence-corrected chi connectivity index (χ3v) is 6.74. The number of urea groups is 1. The van der Waals surface area contributed by atoms with Gasteiger partial charge in [-0.1, -0.05) is 12.1 Å². The number of nitrogens with one attached hydrogen (secondary N) is 2. The van der Waals surface area contributed by atoms with E-state index in [0.29, 0.717) is 33.8 Å². The van der Waals surface area contributed by atoms with Crippen LogP contribution < -0.4 is 15.4 Å². The number of methoxy groups -OCH3 is 1. The highest BCUT2D eigenvalue weighted by atomic mass is 127. The van der Waals surface area contributed by atoms with Gasteiger partial charge in [0.15, 0.2) is 0 Å². The zero-order valence-electron chi connectivity index (χ0n) is 19.1. The quantitative estimate of drug-likeness (QED) is 0.202. The lowest BCUT2D eigenvalue weighted by Crippen LogP contribution is -2.49. The second-order valence-corrected chi connectivity index (χ2v) is 9.78. The van der Waals surface area contributed by atoms with Crippen molar-refractivity contribution in [2.24, 2.45) is 0 Å². The van der Waals surface area contributed by atoms with Gasteiger partial charge in [-0.2, -0.15) is 0 Å². The van der Waals surface area contributed by atoms with Gasteiger partial charge in [0.1, 0.15) is 30.3 Å². The number of anilines is 1. The van der Waals surface area contributed by atoms with Gasteiger partial charge in [0.25, 0.3) is 5.91 Å². The molecule has 1 fully saturated rings. The predicted molar refractivity (Wildman–Crippen MR) is 139 cm³/mol. The van der Waals surface area contributed by atoms with Gasteiger partial charge in [0.05, 0.1) is 23.5 Å². The average Bonchev–Trinajstić information content (AvgIpc) is 3.47. The van der Waals surface area contributed by atoms with E-state index in [2.05, 4.69) is 15.6 Å². The number of nitrogens with zero attached hydrogens (tertiary/aromatic N) is 2. The van der Waals surface area contributed by atoms with Gasteiger partial charge in [0, 0.05) is 22.5 Å². The summed E-state index contributed by atoms with van der Waals surface area (Å²) >= 11 is 3.28. The number of halogens is 2. The fraction of sp³-hybridized carbons (Fsp3) is 0.250. The first-order valence-electron chi connectivity index (χ1n) is 10.9. The lowest BCUT2D eigenvalue weighted by Gasteiger charge is -2.24. The lowest BCUT2D eigenvalue weighted by atomic mass is 10.0. The summed E-state index contributed by atoms with van der Waals surface area (Å²) in [6.07, 6.45) is -0.0144. The van der Waals surface area contributed by atoms with Gasteiger partial charge in [-0.25, -0.2) is 19.1 Å². The number of imide groups is 1. The van der Waals surface area contributed by atoms with Gasteiger partial charge in [0.2, 0.25) is 5.91 Å². The summed E-state index contributed by atoms with van der Waals surface area (Å²) in [6.45, 7) is 0.805. The molecular formula is C24H22FIN4O5S. The molecule has 4 amide bonds. The van der Waals surface area contributed by atoms with Crippen molar-refractivity contribution in [1.82, 2.24) is 15.2 Å². The Morgan fingerprint density at radius 1 is 1.25 bits per heavy atom. The largest absolute Gasteiger partial charge is 0.491 e. The number of carbonyl (C=O) groups is 3. The van der Waals surface area contributed by atoms with Gasteiger partial charge < -0.3 is 20.1 Å². The molecule has 4 rings (SSSR count). The second-order valence-electron chi connectivity index (χ2n) is 7.81. The third-order valence-electron chi connectivity index (χ3n) is 5.43. The van der Waals surface area contributed by atoms with Crippen molar-refractivity contribution in [3.63, 3.8) is 0 Å². The Balaban J connectivity index is 1.55. The van der Waals surface area contributed by atoms with Crippen LogP contribution >= 0.6 is 33.9 Å². The highest BCUT2D eigenvalue weighted by Crippen LogP contribution is 2.27. The Kier molecular flexibility index (Phi) is 8.48. The number of hydrogen-bond acceptors (Lipinski definition) is 7. The highest BCUT2D eigenvalue weighted by molar-refractivity contribution is 14.1. The maximum Gasteiger partial charge on any atom is 0.325 e. The van der Waals surface area contributed by atoms with E-state index in [1.54, 1.807) is 48.3 Å². The minimum atomic E-state index is -1.24. The smallest absolute Gasteiger partial charge is 0.325 e. The molecule has 0 radical (unpaired) electrons. The van der Waals surface area contributed by atoms with E-state index in [4.69, 9.17) is 9.47 Å². The summed E-state index contributed by atoms with van der Waals surface area (Å²) in [5, 5.41) is 6.88. The van der Waals surface area contributed by atoms with Gasteiger partial charge in [-0.15, -0.1) is 11.3 Å². The molecule has 0 bridgehead atoms. The molecule has 2 atom stereocenters. The first kappa shape index (κ1) is 26.0. The number of aromatic nitrogens is 1. The Morgan fingerprint density at radius 2 is 2.03 bits per heavy atom. The van der Waals surface area contributed by atoms with Crippen LogP contribution in [0.3, 0.4) is 0 Å². The van der Waals surface area contributed by atoms with E-state index >= 15 is 0 Å². The molecule has 2 heterocycles. The number of hydrogen-bond donors (Lipinski definition) is 2.